The Morgan fingerprint density at radius 2 is 1.76 bits per heavy atom. The van der Waals surface area contributed by atoms with Crippen LogP contribution in [-0.2, 0) is 5.33 Å². The van der Waals surface area contributed by atoms with Crippen molar-refractivity contribution < 1.29 is 4.74 Å². The summed E-state index contributed by atoms with van der Waals surface area (Å²) in [5.41, 5.74) is 1.09. The fourth-order valence-electron chi connectivity index (χ4n) is 1.38. The van der Waals surface area contributed by atoms with Crippen LogP contribution < -0.4 is 4.74 Å². The van der Waals surface area contributed by atoms with E-state index in [0.717, 1.165) is 26.9 Å². The smallest absolute Gasteiger partial charge is 0.131 e. The molecule has 0 amide bonds. The van der Waals surface area contributed by atoms with Crippen molar-refractivity contribution in [1.82, 2.24) is 0 Å². The molecule has 0 fully saturated rings. The fourth-order valence-corrected chi connectivity index (χ4v) is 2.35. The Kier molecular flexibility index (Phi) is 4.48. The van der Waals surface area contributed by atoms with Crippen LogP contribution in [0.5, 0.6) is 11.5 Å². The Morgan fingerprint density at radius 3 is 2.41 bits per heavy atom. The summed E-state index contributed by atoms with van der Waals surface area (Å²) >= 11 is 12.7. The number of alkyl halides is 1. The van der Waals surface area contributed by atoms with Crippen molar-refractivity contribution in [3.05, 3.63) is 57.5 Å². The van der Waals surface area contributed by atoms with Crippen LogP contribution in [0.4, 0.5) is 0 Å². The summed E-state index contributed by atoms with van der Waals surface area (Å²) in [6.45, 7) is 0. The van der Waals surface area contributed by atoms with Crippen molar-refractivity contribution in [2.75, 3.05) is 0 Å². The van der Waals surface area contributed by atoms with E-state index in [9.17, 15) is 0 Å². The number of halogens is 3. The predicted octanol–water partition coefficient (Wildman–Crippen LogP) is 5.79. The summed E-state index contributed by atoms with van der Waals surface area (Å²) in [7, 11) is 0. The van der Waals surface area contributed by atoms with Crippen LogP contribution in [-0.4, -0.2) is 0 Å². The second-order valence-electron chi connectivity index (χ2n) is 3.44. The Bertz CT molecular complexity index is 511. The second kappa shape index (κ2) is 5.89. The lowest BCUT2D eigenvalue weighted by atomic mass is 10.2. The molecule has 2 aromatic carbocycles. The largest absolute Gasteiger partial charge is 0.457 e. The first kappa shape index (κ1) is 12.9. The highest BCUT2D eigenvalue weighted by atomic mass is 79.9. The Hall–Kier alpha value is -0.510. The van der Waals surface area contributed by atoms with Crippen molar-refractivity contribution in [2.24, 2.45) is 0 Å². The topological polar surface area (TPSA) is 9.23 Å². The molecule has 0 aliphatic heterocycles. The average Bonchev–Trinajstić information content (AvgIpc) is 2.34. The number of ether oxygens (including phenoxy) is 1. The third kappa shape index (κ3) is 3.47. The standard InChI is InChI=1S/C13H9Br2ClO/c14-8-9-7-10(15)1-6-13(9)17-12-4-2-11(16)3-5-12/h1-7H,8H2. The minimum Gasteiger partial charge on any atom is -0.457 e. The van der Waals surface area contributed by atoms with Gasteiger partial charge in [0.2, 0.25) is 0 Å². The fraction of sp³-hybridized carbons (Fsp3) is 0.0769. The van der Waals surface area contributed by atoms with Crippen LogP contribution >= 0.6 is 43.5 Å². The third-order valence-electron chi connectivity index (χ3n) is 2.21. The molecule has 0 N–H and O–H groups in total. The van der Waals surface area contributed by atoms with Gasteiger partial charge in [0.15, 0.2) is 0 Å². The summed E-state index contributed by atoms with van der Waals surface area (Å²) in [6, 6.07) is 13.2. The highest BCUT2D eigenvalue weighted by Gasteiger charge is 2.04. The van der Waals surface area contributed by atoms with Crippen molar-refractivity contribution in [1.29, 1.82) is 0 Å². The lowest BCUT2D eigenvalue weighted by Gasteiger charge is -2.10. The molecule has 0 radical (unpaired) electrons. The van der Waals surface area contributed by atoms with Crippen LogP contribution in [0, 0.1) is 0 Å². The average molecular weight is 376 g/mol. The maximum Gasteiger partial charge on any atom is 0.131 e. The zero-order chi connectivity index (χ0) is 12.3. The molecule has 1 nitrogen and oxygen atoms in total. The molecule has 88 valence electrons. The maximum absolute atomic E-state index is 5.82. The van der Waals surface area contributed by atoms with Gasteiger partial charge in [0, 0.05) is 20.4 Å². The summed E-state index contributed by atoms with van der Waals surface area (Å²) in [5.74, 6) is 1.62. The third-order valence-corrected chi connectivity index (χ3v) is 3.56. The van der Waals surface area contributed by atoms with Crippen LogP contribution in [0.15, 0.2) is 46.9 Å². The highest BCUT2D eigenvalue weighted by molar-refractivity contribution is 9.10. The van der Waals surface area contributed by atoms with Crippen molar-refractivity contribution in [2.45, 2.75) is 5.33 Å². The first-order chi connectivity index (χ1) is 8.19. The summed E-state index contributed by atoms with van der Waals surface area (Å²) in [5, 5.41) is 1.45. The van der Waals surface area contributed by atoms with Crippen molar-refractivity contribution >= 4 is 43.5 Å². The van der Waals surface area contributed by atoms with E-state index in [4.69, 9.17) is 16.3 Å². The molecule has 2 rings (SSSR count). The Morgan fingerprint density at radius 1 is 1.06 bits per heavy atom. The lowest BCUT2D eigenvalue weighted by Crippen LogP contribution is -1.89. The Labute approximate surface area is 122 Å². The van der Waals surface area contributed by atoms with E-state index in [0.29, 0.717) is 5.02 Å². The minimum absolute atomic E-state index is 0.703. The molecule has 0 heterocycles. The first-order valence-electron chi connectivity index (χ1n) is 4.97. The van der Waals surface area contributed by atoms with E-state index in [1.165, 1.54) is 0 Å². The van der Waals surface area contributed by atoms with Gasteiger partial charge in [0.25, 0.3) is 0 Å². The molecule has 4 heteroatoms. The van der Waals surface area contributed by atoms with Gasteiger partial charge >= 0.3 is 0 Å². The molecule has 0 saturated heterocycles. The van der Waals surface area contributed by atoms with Gasteiger partial charge in [0.05, 0.1) is 0 Å². The van der Waals surface area contributed by atoms with E-state index in [2.05, 4.69) is 31.9 Å². The van der Waals surface area contributed by atoms with Gasteiger partial charge in [-0.1, -0.05) is 43.5 Å². The van der Waals surface area contributed by atoms with E-state index < -0.39 is 0 Å². The van der Waals surface area contributed by atoms with Gasteiger partial charge < -0.3 is 4.74 Å². The van der Waals surface area contributed by atoms with Crippen LogP contribution in [0.2, 0.25) is 5.02 Å². The van der Waals surface area contributed by atoms with Gasteiger partial charge in [-0.2, -0.15) is 0 Å². The van der Waals surface area contributed by atoms with E-state index in [1.54, 1.807) is 0 Å². The molecule has 0 aliphatic carbocycles. The predicted molar refractivity (Wildman–Crippen MR) is 78.3 cm³/mol. The minimum atomic E-state index is 0.703. The summed E-state index contributed by atoms with van der Waals surface area (Å²) < 4.78 is 6.84. The van der Waals surface area contributed by atoms with Crippen LogP contribution in [0.25, 0.3) is 0 Å². The molecular formula is C13H9Br2ClO. The molecule has 0 atom stereocenters. The number of benzene rings is 2. The van der Waals surface area contributed by atoms with E-state index in [1.807, 2.05) is 42.5 Å². The highest BCUT2D eigenvalue weighted by Crippen LogP contribution is 2.30. The maximum atomic E-state index is 5.82. The quantitative estimate of drug-likeness (QED) is 0.616. The van der Waals surface area contributed by atoms with Gasteiger partial charge in [-0.05, 0) is 42.5 Å². The summed E-state index contributed by atoms with van der Waals surface area (Å²) in [4.78, 5) is 0. The zero-order valence-corrected chi connectivity index (χ0v) is 12.7. The molecular weight excluding hydrogens is 367 g/mol. The molecule has 0 saturated carbocycles. The van der Waals surface area contributed by atoms with Gasteiger partial charge in [-0.15, -0.1) is 0 Å². The van der Waals surface area contributed by atoms with Gasteiger partial charge in [0.1, 0.15) is 11.5 Å². The second-order valence-corrected chi connectivity index (χ2v) is 5.35. The monoisotopic (exact) mass is 374 g/mol. The molecule has 2 aromatic rings. The normalized spacial score (nSPS) is 10.3. The van der Waals surface area contributed by atoms with Gasteiger partial charge in [-0.25, -0.2) is 0 Å². The van der Waals surface area contributed by atoms with Gasteiger partial charge in [-0.3, -0.25) is 0 Å². The number of hydrogen-bond donors (Lipinski definition) is 0. The first-order valence-corrected chi connectivity index (χ1v) is 7.26. The molecule has 0 unspecified atom stereocenters. The number of rotatable bonds is 3. The molecule has 0 bridgehead atoms. The zero-order valence-electron chi connectivity index (χ0n) is 8.79. The molecule has 0 spiro atoms. The van der Waals surface area contributed by atoms with E-state index >= 15 is 0 Å². The van der Waals surface area contributed by atoms with Crippen LogP contribution in [0.1, 0.15) is 5.56 Å². The van der Waals surface area contributed by atoms with Crippen molar-refractivity contribution in [3.8, 4) is 11.5 Å². The van der Waals surface area contributed by atoms with Crippen molar-refractivity contribution in [3.63, 3.8) is 0 Å². The molecule has 0 aliphatic rings. The molecule has 0 aromatic heterocycles. The molecule has 17 heavy (non-hydrogen) atoms. The summed E-state index contributed by atoms with van der Waals surface area (Å²) in [6.07, 6.45) is 0. The lowest BCUT2D eigenvalue weighted by molar-refractivity contribution is 0.478. The van der Waals surface area contributed by atoms with E-state index in [-0.39, 0.29) is 0 Å². The number of hydrogen-bond acceptors (Lipinski definition) is 1. The Balaban J connectivity index is 2.26. The SMILES string of the molecule is Clc1ccc(Oc2ccc(Br)cc2CBr)cc1. The van der Waals surface area contributed by atoms with Crippen LogP contribution in [0.3, 0.4) is 0 Å².